The van der Waals surface area contributed by atoms with Crippen molar-refractivity contribution in [3.05, 3.63) is 77.0 Å². The third-order valence-corrected chi connectivity index (χ3v) is 4.28. The lowest BCUT2D eigenvalue weighted by molar-refractivity contribution is 0.0697. The summed E-state index contributed by atoms with van der Waals surface area (Å²) in [5, 5.41) is 10.2. The average Bonchev–Trinajstić information content (AvgIpc) is 2.80. The minimum Gasteiger partial charge on any atom is -0.478 e. The van der Waals surface area contributed by atoms with Crippen molar-refractivity contribution in [1.82, 2.24) is 4.57 Å². The Labute approximate surface area is 135 Å². The molecule has 3 nitrogen and oxygen atoms in total. The van der Waals surface area contributed by atoms with Gasteiger partial charge < -0.3 is 9.67 Å². The number of carbonyl (C=O) groups is 1. The topological polar surface area (TPSA) is 42.2 Å². The molecule has 0 unspecified atom stereocenters. The van der Waals surface area contributed by atoms with E-state index in [1.54, 1.807) is 12.1 Å². The van der Waals surface area contributed by atoms with Crippen molar-refractivity contribution in [2.24, 2.45) is 0 Å². The van der Waals surface area contributed by atoms with Crippen LogP contribution < -0.4 is 0 Å². The Morgan fingerprint density at radius 1 is 1.13 bits per heavy atom. The fraction of sp³-hybridized carbons (Fsp3) is 0.150. The number of aromatic nitrogens is 1. The molecule has 1 aromatic heterocycles. The predicted molar refractivity (Wildman–Crippen MR) is 93.8 cm³/mol. The molecule has 116 valence electrons. The third kappa shape index (κ3) is 2.90. The van der Waals surface area contributed by atoms with Crippen molar-refractivity contribution in [2.75, 3.05) is 0 Å². The predicted octanol–water partition coefficient (Wildman–Crippen LogP) is 4.67. The van der Waals surface area contributed by atoms with Crippen molar-refractivity contribution in [3.63, 3.8) is 0 Å². The summed E-state index contributed by atoms with van der Waals surface area (Å²) < 4.78 is 2.22. The van der Waals surface area contributed by atoms with Gasteiger partial charge in [0.25, 0.3) is 0 Å². The standard InChI is InChI=1S/C20H19NO2/c1-14-15(2)21(12-6-9-16-7-4-3-5-8-16)19-11-10-17(20(22)23)13-18(14)19/h3-11,13H,12H2,1-2H3,(H,22,23)/b9-6+. The van der Waals surface area contributed by atoms with Gasteiger partial charge in [-0.05, 0) is 43.2 Å². The van der Waals surface area contributed by atoms with E-state index >= 15 is 0 Å². The van der Waals surface area contributed by atoms with Crippen molar-refractivity contribution in [1.29, 1.82) is 0 Å². The minimum absolute atomic E-state index is 0.331. The van der Waals surface area contributed by atoms with Gasteiger partial charge in [-0.2, -0.15) is 0 Å². The zero-order valence-electron chi connectivity index (χ0n) is 13.3. The highest BCUT2D eigenvalue weighted by atomic mass is 16.4. The van der Waals surface area contributed by atoms with Crippen LogP contribution in [0.3, 0.4) is 0 Å². The van der Waals surface area contributed by atoms with Gasteiger partial charge in [-0.15, -0.1) is 0 Å². The van der Waals surface area contributed by atoms with Crippen LogP contribution >= 0.6 is 0 Å². The van der Waals surface area contributed by atoms with Gasteiger partial charge in [0, 0.05) is 23.1 Å². The molecule has 1 N–H and O–H groups in total. The number of aryl methyl sites for hydroxylation is 1. The molecule has 0 saturated carbocycles. The van der Waals surface area contributed by atoms with Crippen LogP contribution in [0.5, 0.6) is 0 Å². The Morgan fingerprint density at radius 3 is 2.57 bits per heavy atom. The van der Waals surface area contributed by atoms with Crippen LogP contribution in [0.4, 0.5) is 0 Å². The Hall–Kier alpha value is -2.81. The van der Waals surface area contributed by atoms with Gasteiger partial charge in [-0.3, -0.25) is 0 Å². The number of allylic oxidation sites excluding steroid dienone is 1. The van der Waals surface area contributed by atoms with E-state index in [1.165, 1.54) is 11.3 Å². The first-order valence-electron chi connectivity index (χ1n) is 7.62. The molecule has 0 aliphatic rings. The quantitative estimate of drug-likeness (QED) is 0.761. The molecule has 3 rings (SSSR count). The smallest absolute Gasteiger partial charge is 0.335 e. The number of hydrogen-bond acceptors (Lipinski definition) is 1. The van der Waals surface area contributed by atoms with Gasteiger partial charge in [0.05, 0.1) is 5.56 Å². The zero-order valence-corrected chi connectivity index (χ0v) is 13.3. The Kier molecular flexibility index (Phi) is 4.02. The van der Waals surface area contributed by atoms with E-state index in [0.717, 1.165) is 23.0 Å². The number of carboxylic acids is 1. The molecular formula is C20H19NO2. The van der Waals surface area contributed by atoms with Crippen molar-refractivity contribution < 1.29 is 9.90 Å². The van der Waals surface area contributed by atoms with Gasteiger partial charge in [0.2, 0.25) is 0 Å². The number of carboxylic acid groups (broad SMARTS) is 1. The molecule has 0 amide bonds. The van der Waals surface area contributed by atoms with E-state index < -0.39 is 5.97 Å². The maximum atomic E-state index is 11.2. The molecule has 0 aliphatic heterocycles. The molecule has 0 aliphatic carbocycles. The summed E-state index contributed by atoms with van der Waals surface area (Å²) in [6.45, 7) is 4.88. The molecule has 23 heavy (non-hydrogen) atoms. The molecule has 0 saturated heterocycles. The highest BCUT2D eigenvalue weighted by Gasteiger charge is 2.12. The number of rotatable bonds is 4. The summed E-state index contributed by atoms with van der Waals surface area (Å²) in [6.07, 6.45) is 4.23. The van der Waals surface area contributed by atoms with Gasteiger partial charge in [0.15, 0.2) is 0 Å². The van der Waals surface area contributed by atoms with Crippen molar-refractivity contribution in [2.45, 2.75) is 20.4 Å². The van der Waals surface area contributed by atoms with Crippen LogP contribution in [0.1, 0.15) is 27.2 Å². The lowest BCUT2D eigenvalue weighted by Crippen LogP contribution is -1.98. The Morgan fingerprint density at radius 2 is 1.87 bits per heavy atom. The summed E-state index contributed by atoms with van der Waals surface area (Å²) in [6, 6.07) is 15.5. The average molecular weight is 305 g/mol. The molecule has 3 aromatic rings. The molecule has 0 bridgehead atoms. The first kappa shape index (κ1) is 15.1. The Bertz CT molecular complexity index is 889. The molecular weight excluding hydrogens is 286 g/mol. The van der Waals surface area contributed by atoms with E-state index in [4.69, 9.17) is 5.11 Å². The summed E-state index contributed by atoms with van der Waals surface area (Å²) in [7, 11) is 0. The van der Waals surface area contributed by atoms with Gasteiger partial charge in [0.1, 0.15) is 0 Å². The molecule has 0 atom stereocenters. The summed E-state index contributed by atoms with van der Waals surface area (Å²) >= 11 is 0. The highest BCUT2D eigenvalue weighted by molar-refractivity contribution is 5.95. The second kappa shape index (κ2) is 6.13. The largest absolute Gasteiger partial charge is 0.478 e. The maximum absolute atomic E-state index is 11.2. The van der Waals surface area contributed by atoms with Crippen LogP contribution in [-0.4, -0.2) is 15.6 Å². The second-order valence-corrected chi connectivity index (χ2v) is 5.67. The third-order valence-electron chi connectivity index (χ3n) is 4.28. The fourth-order valence-electron chi connectivity index (χ4n) is 2.88. The van der Waals surface area contributed by atoms with Crippen molar-refractivity contribution in [3.8, 4) is 0 Å². The SMILES string of the molecule is Cc1c(C)n(C/C=C/c2ccccc2)c2ccc(C(=O)O)cc12. The molecule has 0 radical (unpaired) electrons. The van der Waals surface area contributed by atoms with Crippen molar-refractivity contribution >= 4 is 22.9 Å². The monoisotopic (exact) mass is 305 g/mol. The number of fused-ring (bicyclic) bond motifs is 1. The molecule has 0 fully saturated rings. The van der Waals surface area contributed by atoms with Gasteiger partial charge >= 0.3 is 5.97 Å². The van der Waals surface area contributed by atoms with E-state index in [0.29, 0.717) is 5.56 Å². The normalized spacial score (nSPS) is 11.4. The molecule has 2 aromatic carbocycles. The maximum Gasteiger partial charge on any atom is 0.335 e. The van der Waals surface area contributed by atoms with Crippen LogP contribution in [-0.2, 0) is 6.54 Å². The number of aromatic carboxylic acids is 1. The zero-order chi connectivity index (χ0) is 16.4. The number of nitrogens with zero attached hydrogens (tertiary/aromatic N) is 1. The fourth-order valence-corrected chi connectivity index (χ4v) is 2.88. The summed E-state index contributed by atoms with van der Waals surface area (Å²) in [5.41, 5.74) is 4.88. The van der Waals surface area contributed by atoms with E-state index in [-0.39, 0.29) is 0 Å². The second-order valence-electron chi connectivity index (χ2n) is 5.67. The van der Waals surface area contributed by atoms with Gasteiger partial charge in [-0.25, -0.2) is 4.79 Å². The summed E-state index contributed by atoms with van der Waals surface area (Å²) in [4.78, 5) is 11.2. The lowest BCUT2D eigenvalue weighted by atomic mass is 10.1. The number of hydrogen-bond donors (Lipinski definition) is 1. The highest BCUT2D eigenvalue weighted by Crippen LogP contribution is 2.26. The van der Waals surface area contributed by atoms with Crippen LogP contribution in [0.25, 0.3) is 17.0 Å². The van der Waals surface area contributed by atoms with Crippen LogP contribution in [0.2, 0.25) is 0 Å². The summed E-state index contributed by atoms with van der Waals surface area (Å²) in [5.74, 6) is -0.888. The van der Waals surface area contributed by atoms with Gasteiger partial charge in [-0.1, -0.05) is 42.5 Å². The number of benzene rings is 2. The van der Waals surface area contributed by atoms with Crippen LogP contribution in [0.15, 0.2) is 54.6 Å². The van der Waals surface area contributed by atoms with Crippen LogP contribution in [0, 0.1) is 13.8 Å². The first-order chi connectivity index (χ1) is 11.1. The first-order valence-corrected chi connectivity index (χ1v) is 7.62. The minimum atomic E-state index is -0.888. The lowest BCUT2D eigenvalue weighted by Gasteiger charge is -2.05. The molecule has 0 spiro atoms. The molecule has 1 heterocycles. The van der Waals surface area contributed by atoms with E-state index in [2.05, 4.69) is 35.8 Å². The molecule has 3 heteroatoms. The Balaban J connectivity index is 1.96. The van der Waals surface area contributed by atoms with E-state index in [9.17, 15) is 4.79 Å². The van der Waals surface area contributed by atoms with E-state index in [1.807, 2.05) is 31.2 Å².